The summed E-state index contributed by atoms with van der Waals surface area (Å²) in [6.45, 7) is 6.69. The van der Waals surface area contributed by atoms with Crippen molar-refractivity contribution >= 4 is 17.9 Å². The number of hydrogen-bond donors (Lipinski definition) is 0. The number of hydrogen-bond acceptors (Lipinski definition) is 6. The predicted octanol–water partition coefficient (Wildman–Crippen LogP) is 25.9. The molecule has 6 nitrogen and oxygen atoms in total. The molecule has 0 aliphatic rings. The van der Waals surface area contributed by atoms with Gasteiger partial charge in [0.15, 0.2) is 6.10 Å². The molecule has 0 aromatic heterocycles. The van der Waals surface area contributed by atoms with Crippen molar-refractivity contribution in [3.63, 3.8) is 0 Å². The van der Waals surface area contributed by atoms with Crippen molar-refractivity contribution in [2.45, 2.75) is 425 Å². The number of carbonyl (C=O) groups excluding carboxylic acids is 3. The van der Waals surface area contributed by atoms with Crippen LogP contribution in [-0.4, -0.2) is 37.2 Å². The van der Waals surface area contributed by atoms with Crippen molar-refractivity contribution in [3.05, 3.63) is 36.5 Å². The lowest BCUT2D eigenvalue weighted by molar-refractivity contribution is -0.167. The summed E-state index contributed by atoms with van der Waals surface area (Å²) < 4.78 is 17.0. The van der Waals surface area contributed by atoms with Crippen molar-refractivity contribution < 1.29 is 28.6 Å². The first-order valence-electron chi connectivity index (χ1n) is 37.5. The molecular formula is C77H144O6. The second-order valence-corrected chi connectivity index (χ2v) is 25.6. The summed E-state index contributed by atoms with van der Waals surface area (Å²) >= 11 is 0. The van der Waals surface area contributed by atoms with Crippen molar-refractivity contribution in [2.75, 3.05) is 13.2 Å². The van der Waals surface area contributed by atoms with E-state index in [0.29, 0.717) is 19.3 Å². The smallest absolute Gasteiger partial charge is 0.306 e. The molecule has 6 heteroatoms. The van der Waals surface area contributed by atoms with Gasteiger partial charge >= 0.3 is 17.9 Å². The van der Waals surface area contributed by atoms with E-state index in [2.05, 4.69) is 57.2 Å². The zero-order valence-electron chi connectivity index (χ0n) is 56.2. The standard InChI is InChI=1S/C77H144O6/c1-4-7-10-13-16-19-21-23-25-27-29-31-33-35-37-38-40-41-43-45-47-49-51-53-55-58-61-64-67-70-76(79)82-73-74(72-81-75(78)69-66-63-60-57-18-15-12-9-6-3)83-77(80)71-68-65-62-59-56-54-52-50-48-46-44-42-39-36-34-32-30-28-26-24-22-20-17-14-11-8-5-2/h22,24,28,30,34,36,74H,4-21,23,25-27,29,31-33,35,37-73H2,1-3H3/b24-22-,30-28-,36-34-. The largest absolute Gasteiger partial charge is 0.462 e. The third kappa shape index (κ3) is 70.3. The van der Waals surface area contributed by atoms with Gasteiger partial charge in [0.25, 0.3) is 0 Å². The molecule has 83 heavy (non-hydrogen) atoms. The van der Waals surface area contributed by atoms with Gasteiger partial charge in [-0.05, 0) is 57.8 Å². The summed E-state index contributed by atoms with van der Waals surface area (Å²) in [5.41, 5.74) is 0. The first-order valence-corrected chi connectivity index (χ1v) is 37.5. The van der Waals surface area contributed by atoms with Crippen molar-refractivity contribution in [1.82, 2.24) is 0 Å². The lowest BCUT2D eigenvalue weighted by atomic mass is 10.0. The number of allylic oxidation sites excluding steroid dienone is 6. The van der Waals surface area contributed by atoms with Gasteiger partial charge in [-0.3, -0.25) is 14.4 Å². The Kier molecular flexibility index (Phi) is 70.0. The van der Waals surface area contributed by atoms with E-state index in [4.69, 9.17) is 14.2 Å². The average molecular weight is 1170 g/mol. The Morgan fingerprint density at radius 2 is 0.434 bits per heavy atom. The number of carbonyl (C=O) groups is 3. The number of esters is 3. The van der Waals surface area contributed by atoms with Gasteiger partial charge in [0.1, 0.15) is 13.2 Å². The first-order chi connectivity index (χ1) is 41.0. The van der Waals surface area contributed by atoms with E-state index >= 15 is 0 Å². The van der Waals surface area contributed by atoms with E-state index in [9.17, 15) is 14.4 Å². The maximum Gasteiger partial charge on any atom is 0.306 e. The number of unbranched alkanes of at least 4 members (excludes halogenated alkanes) is 53. The van der Waals surface area contributed by atoms with Gasteiger partial charge in [0.2, 0.25) is 0 Å². The molecule has 0 aromatic rings. The van der Waals surface area contributed by atoms with Crippen LogP contribution in [0.1, 0.15) is 419 Å². The maximum absolute atomic E-state index is 12.9. The summed E-state index contributed by atoms with van der Waals surface area (Å²) in [7, 11) is 0. The molecule has 0 rings (SSSR count). The minimum Gasteiger partial charge on any atom is -0.462 e. The van der Waals surface area contributed by atoms with Gasteiger partial charge in [0, 0.05) is 19.3 Å². The fourth-order valence-corrected chi connectivity index (χ4v) is 11.5. The quantitative estimate of drug-likeness (QED) is 0.0261. The molecule has 0 saturated carbocycles. The van der Waals surface area contributed by atoms with Crippen molar-refractivity contribution in [2.24, 2.45) is 0 Å². The minimum atomic E-state index is -0.770. The molecule has 0 spiro atoms. The van der Waals surface area contributed by atoms with Gasteiger partial charge in [-0.15, -0.1) is 0 Å². The number of ether oxygens (including phenoxy) is 3. The van der Waals surface area contributed by atoms with Crippen molar-refractivity contribution in [3.8, 4) is 0 Å². The molecule has 0 saturated heterocycles. The van der Waals surface area contributed by atoms with Gasteiger partial charge in [-0.25, -0.2) is 0 Å². The van der Waals surface area contributed by atoms with Crippen LogP contribution in [0.2, 0.25) is 0 Å². The third-order valence-electron chi connectivity index (χ3n) is 17.1. The van der Waals surface area contributed by atoms with Crippen LogP contribution in [0.25, 0.3) is 0 Å². The SMILES string of the molecule is CCCCCCC/C=C\C/C=C\C/C=C\CCCCCCCCCCCCCCC(=O)OC(COC(=O)CCCCCCCCCCC)COC(=O)CCCCCCCCCCCCCCCCCCCCCCCCCCCCCCC. The highest BCUT2D eigenvalue weighted by atomic mass is 16.6. The molecule has 0 N–H and O–H groups in total. The summed E-state index contributed by atoms with van der Waals surface area (Å²) in [5, 5.41) is 0. The Bertz CT molecular complexity index is 1380. The molecule has 0 amide bonds. The minimum absolute atomic E-state index is 0.0667. The first kappa shape index (κ1) is 80.6. The van der Waals surface area contributed by atoms with E-state index in [1.54, 1.807) is 0 Å². The Morgan fingerprint density at radius 1 is 0.241 bits per heavy atom. The Morgan fingerprint density at radius 3 is 0.675 bits per heavy atom. The second kappa shape index (κ2) is 72.1. The molecule has 0 aromatic carbocycles. The van der Waals surface area contributed by atoms with Crippen LogP contribution in [0.15, 0.2) is 36.5 Å². The highest BCUT2D eigenvalue weighted by Gasteiger charge is 2.20. The summed E-state index contributed by atoms with van der Waals surface area (Å²) in [4.78, 5) is 38.3. The summed E-state index contributed by atoms with van der Waals surface area (Å²) in [5.74, 6) is -0.842. The zero-order valence-corrected chi connectivity index (χ0v) is 56.2. The normalized spacial score (nSPS) is 12.2. The van der Waals surface area contributed by atoms with Crippen LogP contribution in [0.4, 0.5) is 0 Å². The highest BCUT2D eigenvalue weighted by molar-refractivity contribution is 5.71. The Labute approximate surface area is 518 Å². The van der Waals surface area contributed by atoms with Crippen molar-refractivity contribution in [1.29, 1.82) is 0 Å². The summed E-state index contributed by atoms with van der Waals surface area (Å²) in [6.07, 6.45) is 90.7. The molecule has 0 radical (unpaired) electrons. The number of rotatable bonds is 70. The molecule has 0 bridgehead atoms. The van der Waals surface area contributed by atoms with Crippen LogP contribution in [0, 0.1) is 0 Å². The fourth-order valence-electron chi connectivity index (χ4n) is 11.5. The fraction of sp³-hybridized carbons (Fsp3) is 0.883. The zero-order chi connectivity index (χ0) is 59.9. The van der Waals surface area contributed by atoms with E-state index < -0.39 is 6.10 Å². The highest BCUT2D eigenvalue weighted by Crippen LogP contribution is 2.19. The van der Waals surface area contributed by atoms with Gasteiger partial charge in [0.05, 0.1) is 0 Å². The topological polar surface area (TPSA) is 78.9 Å². The van der Waals surface area contributed by atoms with E-state index in [1.165, 1.54) is 308 Å². The third-order valence-corrected chi connectivity index (χ3v) is 17.1. The summed E-state index contributed by atoms with van der Waals surface area (Å²) in [6, 6.07) is 0. The van der Waals surface area contributed by atoms with Crippen LogP contribution >= 0.6 is 0 Å². The second-order valence-electron chi connectivity index (χ2n) is 25.6. The monoisotopic (exact) mass is 1170 g/mol. The molecular weight excluding hydrogens is 1020 g/mol. The Hall–Kier alpha value is -2.37. The predicted molar refractivity (Wildman–Crippen MR) is 362 cm³/mol. The maximum atomic E-state index is 12.9. The van der Waals surface area contributed by atoms with Crippen LogP contribution in [-0.2, 0) is 28.6 Å². The molecule has 0 aliphatic heterocycles. The van der Waals surface area contributed by atoms with Gasteiger partial charge in [-0.1, -0.05) is 378 Å². The lowest BCUT2D eigenvalue weighted by Crippen LogP contribution is -2.30. The molecule has 1 atom stereocenters. The van der Waals surface area contributed by atoms with Gasteiger partial charge < -0.3 is 14.2 Å². The van der Waals surface area contributed by atoms with E-state index in [0.717, 1.165) is 70.6 Å². The van der Waals surface area contributed by atoms with E-state index in [1.807, 2.05) is 0 Å². The molecule has 1 unspecified atom stereocenters. The average Bonchev–Trinajstić information content (AvgIpc) is 3.49. The van der Waals surface area contributed by atoms with Crippen LogP contribution in [0.5, 0.6) is 0 Å². The molecule has 0 heterocycles. The van der Waals surface area contributed by atoms with Crippen LogP contribution < -0.4 is 0 Å². The molecule has 0 fully saturated rings. The molecule has 0 aliphatic carbocycles. The molecule has 488 valence electrons. The van der Waals surface area contributed by atoms with E-state index in [-0.39, 0.29) is 31.1 Å². The van der Waals surface area contributed by atoms with Gasteiger partial charge in [-0.2, -0.15) is 0 Å². The lowest BCUT2D eigenvalue weighted by Gasteiger charge is -2.18. The van der Waals surface area contributed by atoms with Crippen LogP contribution in [0.3, 0.4) is 0 Å². The Balaban J connectivity index is 4.07.